The molecule has 2 fully saturated rings. The van der Waals surface area contributed by atoms with Crippen molar-refractivity contribution in [1.29, 1.82) is 0 Å². The highest BCUT2D eigenvalue weighted by molar-refractivity contribution is 5.94. The average molecular weight is 343 g/mol. The predicted octanol–water partition coefficient (Wildman–Crippen LogP) is 2.52. The summed E-state index contributed by atoms with van der Waals surface area (Å²) < 4.78 is 5.71. The van der Waals surface area contributed by atoms with Gasteiger partial charge in [-0.3, -0.25) is 9.59 Å². The van der Waals surface area contributed by atoms with Crippen molar-refractivity contribution < 1.29 is 19.4 Å². The number of aliphatic carboxylic acids is 1. The molecule has 0 aromatic heterocycles. The molecule has 2 atom stereocenters. The van der Waals surface area contributed by atoms with Crippen LogP contribution in [0.3, 0.4) is 0 Å². The van der Waals surface area contributed by atoms with E-state index in [9.17, 15) is 14.7 Å². The third-order valence-corrected chi connectivity index (χ3v) is 6.09. The zero-order chi connectivity index (χ0) is 17.4. The Labute approximate surface area is 148 Å². The molecule has 2 saturated heterocycles. The monoisotopic (exact) mass is 343 g/mol. The van der Waals surface area contributed by atoms with Gasteiger partial charge >= 0.3 is 5.97 Å². The van der Waals surface area contributed by atoms with Gasteiger partial charge in [-0.15, -0.1) is 0 Å². The second-order valence-corrected chi connectivity index (χ2v) is 7.54. The van der Waals surface area contributed by atoms with E-state index in [-0.39, 0.29) is 23.8 Å². The Morgan fingerprint density at radius 3 is 2.60 bits per heavy atom. The van der Waals surface area contributed by atoms with Crippen LogP contribution in [-0.2, 0) is 22.4 Å². The van der Waals surface area contributed by atoms with E-state index in [0.29, 0.717) is 26.1 Å². The highest BCUT2D eigenvalue weighted by atomic mass is 16.5. The SMILES string of the molecule is O=C(O)C1CCO[C@H]1C1CCN(C(=O)c2ccc3c(c2)CCC3)CC1. The van der Waals surface area contributed by atoms with Gasteiger partial charge in [-0.25, -0.2) is 0 Å². The van der Waals surface area contributed by atoms with Gasteiger partial charge in [0.05, 0.1) is 12.0 Å². The summed E-state index contributed by atoms with van der Waals surface area (Å²) in [6.45, 7) is 1.91. The molecule has 1 aliphatic carbocycles. The lowest BCUT2D eigenvalue weighted by molar-refractivity contribution is -0.145. The van der Waals surface area contributed by atoms with Crippen LogP contribution in [0.5, 0.6) is 0 Å². The molecule has 0 bridgehead atoms. The molecule has 5 nitrogen and oxygen atoms in total. The molecule has 1 N–H and O–H groups in total. The van der Waals surface area contributed by atoms with Crippen LogP contribution in [0.25, 0.3) is 0 Å². The molecule has 1 aromatic carbocycles. The lowest BCUT2D eigenvalue weighted by Gasteiger charge is -2.35. The van der Waals surface area contributed by atoms with Crippen molar-refractivity contribution >= 4 is 11.9 Å². The molecular formula is C20H25NO4. The van der Waals surface area contributed by atoms with Crippen LogP contribution in [0.15, 0.2) is 18.2 Å². The average Bonchev–Trinajstić information content (AvgIpc) is 3.29. The van der Waals surface area contributed by atoms with E-state index in [1.165, 1.54) is 17.5 Å². The summed E-state index contributed by atoms with van der Waals surface area (Å²) in [6.07, 6.45) is 5.46. The summed E-state index contributed by atoms with van der Waals surface area (Å²) in [5, 5.41) is 9.34. The van der Waals surface area contributed by atoms with Crippen molar-refractivity contribution in [2.24, 2.45) is 11.8 Å². The van der Waals surface area contributed by atoms with Crippen molar-refractivity contribution in [2.75, 3.05) is 19.7 Å². The summed E-state index contributed by atoms with van der Waals surface area (Å²) in [4.78, 5) is 26.1. The highest BCUT2D eigenvalue weighted by Gasteiger charge is 2.40. The highest BCUT2D eigenvalue weighted by Crippen LogP contribution is 2.33. The molecule has 25 heavy (non-hydrogen) atoms. The van der Waals surface area contributed by atoms with Gasteiger partial charge < -0.3 is 14.7 Å². The number of carboxylic acid groups (broad SMARTS) is 1. The first-order valence-corrected chi connectivity index (χ1v) is 9.39. The van der Waals surface area contributed by atoms with Crippen molar-refractivity contribution in [1.82, 2.24) is 4.90 Å². The summed E-state index contributed by atoms with van der Waals surface area (Å²) in [6, 6.07) is 6.13. The minimum atomic E-state index is -0.751. The van der Waals surface area contributed by atoms with Gasteiger partial charge in [-0.05, 0) is 67.7 Å². The Hall–Kier alpha value is -1.88. The summed E-state index contributed by atoms with van der Waals surface area (Å²) in [5.41, 5.74) is 3.50. The van der Waals surface area contributed by atoms with Crippen LogP contribution in [0, 0.1) is 11.8 Å². The number of fused-ring (bicyclic) bond motifs is 1. The van der Waals surface area contributed by atoms with E-state index >= 15 is 0 Å². The largest absolute Gasteiger partial charge is 0.481 e. The smallest absolute Gasteiger partial charge is 0.309 e. The molecule has 2 heterocycles. The fourth-order valence-electron chi connectivity index (χ4n) is 4.66. The predicted molar refractivity (Wildman–Crippen MR) is 92.6 cm³/mol. The van der Waals surface area contributed by atoms with Gasteiger partial charge in [0.25, 0.3) is 5.91 Å². The van der Waals surface area contributed by atoms with E-state index in [1.54, 1.807) is 0 Å². The lowest BCUT2D eigenvalue weighted by Crippen LogP contribution is -2.43. The van der Waals surface area contributed by atoms with E-state index in [0.717, 1.165) is 31.2 Å². The molecule has 0 radical (unpaired) electrons. The molecule has 5 heteroatoms. The third-order valence-electron chi connectivity index (χ3n) is 6.09. The second kappa shape index (κ2) is 6.79. The minimum Gasteiger partial charge on any atom is -0.481 e. The number of nitrogens with zero attached hydrogens (tertiary/aromatic N) is 1. The molecule has 2 aliphatic heterocycles. The maximum atomic E-state index is 12.8. The fourth-order valence-corrected chi connectivity index (χ4v) is 4.66. The number of carbonyl (C=O) groups excluding carboxylic acids is 1. The normalized spacial score (nSPS) is 26.6. The summed E-state index contributed by atoms with van der Waals surface area (Å²) in [7, 11) is 0. The third kappa shape index (κ3) is 3.17. The fraction of sp³-hybridized carbons (Fsp3) is 0.600. The maximum absolute atomic E-state index is 12.8. The Morgan fingerprint density at radius 1 is 1.08 bits per heavy atom. The van der Waals surface area contributed by atoms with E-state index in [1.807, 2.05) is 11.0 Å². The summed E-state index contributed by atoms with van der Waals surface area (Å²) in [5.74, 6) is -0.786. The number of carboxylic acids is 1. The molecule has 1 unspecified atom stereocenters. The number of amides is 1. The van der Waals surface area contributed by atoms with Gasteiger partial charge in [0.15, 0.2) is 0 Å². The molecule has 0 spiro atoms. The Kier molecular flexibility index (Phi) is 4.50. The Bertz CT molecular complexity index is 678. The zero-order valence-electron chi connectivity index (χ0n) is 14.4. The lowest BCUT2D eigenvalue weighted by atomic mass is 9.84. The summed E-state index contributed by atoms with van der Waals surface area (Å²) >= 11 is 0. The van der Waals surface area contributed by atoms with Crippen LogP contribution >= 0.6 is 0 Å². The van der Waals surface area contributed by atoms with E-state index in [4.69, 9.17) is 4.74 Å². The molecule has 1 amide bonds. The van der Waals surface area contributed by atoms with Crippen LogP contribution in [-0.4, -0.2) is 47.7 Å². The molecule has 0 saturated carbocycles. The molecule has 3 aliphatic rings. The molecule has 4 rings (SSSR count). The van der Waals surface area contributed by atoms with Gasteiger partial charge in [0.2, 0.25) is 0 Å². The number of likely N-dealkylation sites (tertiary alicyclic amines) is 1. The van der Waals surface area contributed by atoms with E-state index in [2.05, 4.69) is 12.1 Å². The first kappa shape index (κ1) is 16.6. The minimum absolute atomic E-state index is 0.107. The standard InChI is InChI=1S/C20H25NO4/c22-19(16-5-4-13-2-1-3-15(13)12-16)21-9-6-14(7-10-21)18-17(20(23)24)8-11-25-18/h4-5,12,14,17-18H,1-3,6-11H2,(H,23,24)/t17?,18-/m0/s1. The molecule has 1 aromatic rings. The molecular weight excluding hydrogens is 318 g/mol. The van der Waals surface area contributed by atoms with Crippen LogP contribution in [0.2, 0.25) is 0 Å². The quantitative estimate of drug-likeness (QED) is 0.916. The van der Waals surface area contributed by atoms with Crippen LogP contribution < -0.4 is 0 Å². The van der Waals surface area contributed by atoms with Crippen molar-refractivity contribution in [2.45, 2.75) is 44.6 Å². The Morgan fingerprint density at radius 2 is 1.84 bits per heavy atom. The zero-order valence-corrected chi connectivity index (χ0v) is 14.4. The Balaban J connectivity index is 1.38. The maximum Gasteiger partial charge on any atom is 0.309 e. The topological polar surface area (TPSA) is 66.8 Å². The molecule has 134 valence electrons. The number of ether oxygens (including phenoxy) is 1. The van der Waals surface area contributed by atoms with E-state index < -0.39 is 5.97 Å². The van der Waals surface area contributed by atoms with Gasteiger partial charge in [0, 0.05) is 25.3 Å². The van der Waals surface area contributed by atoms with Crippen molar-refractivity contribution in [3.8, 4) is 0 Å². The number of hydrogen-bond donors (Lipinski definition) is 1. The number of benzene rings is 1. The number of rotatable bonds is 3. The second-order valence-electron chi connectivity index (χ2n) is 7.54. The number of hydrogen-bond acceptors (Lipinski definition) is 3. The van der Waals surface area contributed by atoms with Crippen LogP contribution in [0.1, 0.15) is 47.2 Å². The first-order valence-electron chi connectivity index (χ1n) is 9.39. The van der Waals surface area contributed by atoms with Gasteiger partial charge in [0.1, 0.15) is 0 Å². The van der Waals surface area contributed by atoms with Crippen molar-refractivity contribution in [3.63, 3.8) is 0 Å². The van der Waals surface area contributed by atoms with Gasteiger partial charge in [-0.2, -0.15) is 0 Å². The number of carbonyl (C=O) groups is 2. The van der Waals surface area contributed by atoms with Crippen molar-refractivity contribution in [3.05, 3.63) is 34.9 Å². The van der Waals surface area contributed by atoms with Crippen LogP contribution in [0.4, 0.5) is 0 Å². The number of aryl methyl sites for hydroxylation is 2. The van der Waals surface area contributed by atoms with Gasteiger partial charge in [-0.1, -0.05) is 6.07 Å². The number of piperidine rings is 1. The first-order chi connectivity index (χ1) is 12.1.